The number of hydrogen-bond acceptors (Lipinski definition) is 6. The Hall–Kier alpha value is -2.90. The van der Waals surface area contributed by atoms with Gasteiger partial charge in [0.1, 0.15) is 5.69 Å². The van der Waals surface area contributed by atoms with E-state index in [1.807, 2.05) is 48.5 Å². The lowest BCUT2D eigenvalue weighted by Gasteiger charge is -2.37. The lowest BCUT2D eigenvalue weighted by Crippen LogP contribution is -2.13. The van der Waals surface area contributed by atoms with E-state index in [1.54, 1.807) is 6.08 Å². The van der Waals surface area contributed by atoms with E-state index in [0.29, 0.717) is 5.56 Å². The van der Waals surface area contributed by atoms with Gasteiger partial charge in [0.2, 0.25) is 0 Å². The molecule has 0 fully saturated rings. The fourth-order valence-electron chi connectivity index (χ4n) is 2.54. The van der Waals surface area contributed by atoms with E-state index in [2.05, 4.69) is 0 Å². The molecule has 3 rings (SSSR count). The Balaban J connectivity index is 2.02. The monoisotopic (exact) mass is 322 g/mol. The second kappa shape index (κ2) is 6.69. The lowest BCUT2D eigenvalue weighted by molar-refractivity contribution is 0.0291. The van der Waals surface area contributed by atoms with Gasteiger partial charge in [-0.2, -0.15) is 0 Å². The molecule has 0 aliphatic rings. The summed E-state index contributed by atoms with van der Waals surface area (Å²) >= 11 is 0. The second-order valence-corrected chi connectivity index (χ2v) is 5.19. The summed E-state index contributed by atoms with van der Waals surface area (Å²) in [6.45, 7) is 0. The van der Waals surface area contributed by atoms with Gasteiger partial charge in [0.25, 0.3) is 0 Å². The Morgan fingerprint density at radius 1 is 0.792 bits per heavy atom. The predicted molar refractivity (Wildman–Crippen MR) is 94.6 cm³/mol. The maximum Gasteiger partial charge on any atom is 0.103 e. The van der Waals surface area contributed by atoms with Gasteiger partial charge in [0.05, 0.1) is 0 Å². The third-order valence-electron chi connectivity index (χ3n) is 3.71. The Kier molecular flexibility index (Phi) is 4.45. The molecular formula is C18H14N2O4-2. The summed E-state index contributed by atoms with van der Waals surface area (Å²) in [6, 6.07) is 17.7. The quantitative estimate of drug-likeness (QED) is 0.546. The smallest absolute Gasteiger partial charge is 0.103 e. The molecule has 0 aliphatic carbocycles. The van der Waals surface area contributed by atoms with Gasteiger partial charge >= 0.3 is 0 Å². The summed E-state index contributed by atoms with van der Waals surface area (Å²) in [4.78, 5) is 0. The normalized spacial score (nSPS) is 11.2. The Bertz CT molecular complexity index is 886. The highest BCUT2D eigenvalue weighted by atomic mass is 16.8. The van der Waals surface area contributed by atoms with Crippen molar-refractivity contribution >= 4 is 34.3 Å². The molecule has 0 aromatic heterocycles. The summed E-state index contributed by atoms with van der Waals surface area (Å²) in [7, 11) is 0. The van der Waals surface area contributed by atoms with Gasteiger partial charge in [-0.15, -0.1) is 5.23 Å². The largest absolute Gasteiger partial charge is 0.769 e. The van der Waals surface area contributed by atoms with Crippen molar-refractivity contribution in [2.75, 3.05) is 10.5 Å². The molecule has 0 saturated heterocycles. The van der Waals surface area contributed by atoms with E-state index in [4.69, 9.17) is 0 Å². The van der Waals surface area contributed by atoms with Crippen molar-refractivity contribution in [1.29, 1.82) is 0 Å². The van der Waals surface area contributed by atoms with Gasteiger partial charge in [-0.1, -0.05) is 60.7 Å². The van der Waals surface area contributed by atoms with Crippen molar-refractivity contribution < 1.29 is 10.4 Å². The maximum absolute atomic E-state index is 10.8. The minimum absolute atomic E-state index is 0.0688. The molecule has 6 heteroatoms. The van der Waals surface area contributed by atoms with Gasteiger partial charge in [-0.3, -0.25) is 10.4 Å². The van der Waals surface area contributed by atoms with Gasteiger partial charge in [0.15, 0.2) is 0 Å². The first-order valence-electron chi connectivity index (χ1n) is 7.18. The topological polar surface area (TPSA) is 93.1 Å². The van der Waals surface area contributed by atoms with Crippen molar-refractivity contribution in [3.8, 4) is 0 Å². The molecule has 0 atom stereocenters. The molecular weight excluding hydrogens is 308 g/mol. The van der Waals surface area contributed by atoms with Crippen LogP contribution in [0.15, 0.2) is 60.7 Å². The van der Waals surface area contributed by atoms with Crippen LogP contribution < -0.4 is 10.5 Å². The SMILES string of the molecule is [O-]N([O-])c1ccc(C=Cc2cccc3ccccc23)c(N(O)O)c1. The molecule has 24 heavy (non-hydrogen) atoms. The average Bonchev–Trinajstić information content (AvgIpc) is 2.59. The van der Waals surface area contributed by atoms with Gasteiger partial charge < -0.3 is 15.6 Å². The minimum atomic E-state index is -0.592. The van der Waals surface area contributed by atoms with Crippen molar-refractivity contribution in [2.24, 2.45) is 0 Å². The number of fused-ring (bicyclic) bond motifs is 1. The minimum Gasteiger partial charge on any atom is -0.769 e. The summed E-state index contributed by atoms with van der Waals surface area (Å²) in [5, 5.41) is 41.7. The van der Waals surface area contributed by atoms with Crippen molar-refractivity contribution in [3.63, 3.8) is 0 Å². The fraction of sp³-hybridized carbons (Fsp3) is 0. The summed E-state index contributed by atoms with van der Waals surface area (Å²) in [5.74, 6) is 0. The molecule has 3 aromatic rings. The molecule has 2 N–H and O–H groups in total. The summed E-state index contributed by atoms with van der Waals surface area (Å²) < 4.78 is 0. The Labute approximate surface area is 138 Å². The van der Waals surface area contributed by atoms with Gasteiger partial charge in [-0.25, -0.2) is 0 Å². The van der Waals surface area contributed by atoms with E-state index in [0.717, 1.165) is 22.4 Å². The third kappa shape index (κ3) is 3.22. The average molecular weight is 322 g/mol. The van der Waals surface area contributed by atoms with Crippen LogP contribution in [0.25, 0.3) is 22.9 Å². The highest BCUT2D eigenvalue weighted by molar-refractivity contribution is 5.93. The molecule has 0 spiro atoms. The first-order chi connectivity index (χ1) is 11.6. The summed E-state index contributed by atoms with van der Waals surface area (Å²) in [6.07, 6.45) is 3.51. The standard InChI is InChI=1S/C18H14N2O4/c21-19(22)16-11-10-15(18(12-16)20(23)24)9-8-14-6-3-5-13-4-1-2-7-17(13)14/h1-12,23-24H/q-2. The number of hydrogen-bond donors (Lipinski definition) is 2. The van der Waals surface area contributed by atoms with Crippen LogP contribution in [0.1, 0.15) is 11.1 Å². The van der Waals surface area contributed by atoms with Crippen LogP contribution in [0.2, 0.25) is 0 Å². The first kappa shape index (κ1) is 16.0. The van der Waals surface area contributed by atoms with E-state index in [-0.39, 0.29) is 16.6 Å². The van der Waals surface area contributed by atoms with E-state index in [1.165, 1.54) is 12.1 Å². The lowest BCUT2D eigenvalue weighted by atomic mass is 10.0. The van der Waals surface area contributed by atoms with Crippen LogP contribution in [0.3, 0.4) is 0 Å². The van der Waals surface area contributed by atoms with Crippen molar-refractivity contribution in [1.82, 2.24) is 0 Å². The van der Waals surface area contributed by atoms with Crippen LogP contribution in [-0.4, -0.2) is 10.4 Å². The Morgan fingerprint density at radius 3 is 2.25 bits per heavy atom. The molecule has 0 radical (unpaired) electrons. The van der Waals surface area contributed by atoms with Crippen LogP contribution in [0.4, 0.5) is 11.4 Å². The molecule has 6 nitrogen and oxygen atoms in total. The number of rotatable bonds is 4. The van der Waals surface area contributed by atoms with Crippen LogP contribution in [0.5, 0.6) is 0 Å². The molecule has 0 heterocycles. The molecule has 0 saturated carbocycles. The fourth-order valence-corrected chi connectivity index (χ4v) is 2.54. The molecule has 0 unspecified atom stereocenters. The van der Waals surface area contributed by atoms with Gasteiger partial charge in [0, 0.05) is 11.3 Å². The molecule has 122 valence electrons. The number of nitrogens with zero attached hydrogens (tertiary/aromatic N) is 2. The Morgan fingerprint density at radius 2 is 1.50 bits per heavy atom. The zero-order valence-corrected chi connectivity index (χ0v) is 12.5. The van der Waals surface area contributed by atoms with Gasteiger partial charge in [-0.05, 0) is 28.5 Å². The third-order valence-corrected chi connectivity index (χ3v) is 3.71. The van der Waals surface area contributed by atoms with Crippen LogP contribution in [0, 0.1) is 10.4 Å². The zero-order valence-electron chi connectivity index (χ0n) is 12.5. The molecule has 0 amide bonds. The highest BCUT2D eigenvalue weighted by Gasteiger charge is 2.06. The van der Waals surface area contributed by atoms with Crippen molar-refractivity contribution in [2.45, 2.75) is 0 Å². The molecule has 3 aromatic carbocycles. The van der Waals surface area contributed by atoms with E-state index in [9.17, 15) is 20.8 Å². The van der Waals surface area contributed by atoms with E-state index >= 15 is 0 Å². The first-order valence-corrected chi connectivity index (χ1v) is 7.18. The number of benzene rings is 3. The van der Waals surface area contributed by atoms with Crippen LogP contribution in [-0.2, 0) is 0 Å². The van der Waals surface area contributed by atoms with E-state index < -0.39 is 5.23 Å². The van der Waals surface area contributed by atoms with Crippen molar-refractivity contribution in [3.05, 3.63) is 82.2 Å². The molecule has 0 bridgehead atoms. The molecule has 0 aliphatic heterocycles. The number of anilines is 2. The second-order valence-electron chi connectivity index (χ2n) is 5.19. The zero-order chi connectivity index (χ0) is 17.1. The predicted octanol–water partition coefficient (Wildman–Crippen LogP) is 4.40. The highest BCUT2D eigenvalue weighted by Crippen LogP contribution is 2.28. The summed E-state index contributed by atoms with van der Waals surface area (Å²) in [5.41, 5.74) is 1.11. The maximum atomic E-state index is 10.8. The van der Waals surface area contributed by atoms with Crippen LogP contribution >= 0.6 is 0 Å².